The first-order chi connectivity index (χ1) is 9.09. The molecule has 7 heteroatoms. The Morgan fingerprint density at radius 3 is 2.11 bits per heavy atom. The summed E-state index contributed by atoms with van der Waals surface area (Å²) in [4.78, 5) is 22.2. The van der Waals surface area contributed by atoms with E-state index in [-0.39, 0.29) is 6.03 Å². The standard InChI is InChI=1S/C11H20N2O2.CH2O3/c14-11(13-6-8-15-9-7-13)12-10-4-2-1-3-5-10;2-1(3)4/h10H,1-9H2,(H,12,14);(H2,2,3,4). The fourth-order valence-electron chi connectivity index (χ4n) is 2.28. The molecular weight excluding hydrogens is 252 g/mol. The summed E-state index contributed by atoms with van der Waals surface area (Å²) in [5.74, 6) is 0. The molecule has 3 N–H and O–H groups in total. The third-order valence-corrected chi connectivity index (χ3v) is 3.23. The van der Waals surface area contributed by atoms with E-state index in [0.717, 1.165) is 25.9 Å². The van der Waals surface area contributed by atoms with Gasteiger partial charge in [0.25, 0.3) is 0 Å². The van der Waals surface area contributed by atoms with Gasteiger partial charge in [-0.25, -0.2) is 9.59 Å². The minimum atomic E-state index is -1.83. The Labute approximate surface area is 112 Å². The summed E-state index contributed by atoms with van der Waals surface area (Å²) in [5.41, 5.74) is 0. The summed E-state index contributed by atoms with van der Waals surface area (Å²) in [7, 11) is 0. The zero-order chi connectivity index (χ0) is 14.1. The number of rotatable bonds is 1. The van der Waals surface area contributed by atoms with Crippen molar-refractivity contribution >= 4 is 12.2 Å². The first-order valence-corrected chi connectivity index (χ1v) is 6.64. The molecule has 2 aliphatic rings. The van der Waals surface area contributed by atoms with E-state index in [1.54, 1.807) is 0 Å². The van der Waals surface area contributed by atoms with Crippen LogP contribution in [0.1, 0.15) is 32.1 Å². The highest BCUT2D eigenvalue weighted by molar-refractivity contribution is 5.74. The Morgan fingerprint density at radius 1 is 1.05 bits per heavy atom. The van der Waals surface area contributed by atoms with Gasteiger partial charge in [-0.05, 0) is 12.8 Å². The van der Waals surface area contributed by atoms with Crippen LogP contribution in [0.5, 0.6) is 0 Å². The second-order valence-corrected chi connectivity index (χ2v) is 4.67. The van der Waals surface area contributed by atoms with E-state index in [4.69, 9.17) is 19.7 Å². The molecule has 0 aromatic carbocycles. The normalized spacial score (nSPS) is 20.1. The van der Waals surface area contributed by atoms with Gasteiger partial charge in [-0.1, -0.05) is 19.3 Å². The van der Waals surface area contributed by atoms with Crippen molar-refractivity contribution in [2.24, 2.45) is 0 Å². The van der Waals surface area contributed by atoms with Gasteiger partial charge in [0.1, 0.15) is 0 Å². The van der Waals surface area contributed by atoms with Gasteiger partial charge in [0, 0.05) is 19.1 Å². The predicted octanol–water partition coefficient (Wildman–Crippen LogP) is 1.58. The maximum absolute atomic E-state index is 11.8. The lowest BCUT2D eigenvalue weighted by atomic mass is 9.96. The topological polar surface area (TPSA) is 99.1 Å². The molecule has 0 spiro atoms. The molecule has 2 amide bonds. The summed E-state index contributed by atoms with van der Waals surface area (Å²) in [6.07, 6.45) is 4.30. The smallest absolute Gasteiger partial charge is 0.450 e. The molecule has 0 radical (unpaired) electrons. The number of urea groups is 1. The van der Waals surface area contributed by atoms with E-state index in [1.165, 1.54) is 19.3 Å². The van der Waals surface area contributed by atoms with Gasteiger partial charge >= 0.3 is 12.2 Å². The van der Waals surface area contributed by atoms with Crippen LogP contribution >= 0.6 is 0 Å². The lowest BCUT2D eigenvalue weighted by Crippen LogP contribution is -2.49. The van der Waals surface area contributed by atoms with Gasteiger partial charge < -0.3 is 25.2 Å². The quantitative estimate of drug-likeness (QED) is 0.674. The number of carbonyl (C=O) groups excluding carboxylic acids is 1. The molecule has 19 heavy (non-hydrogen) atoms. The number of morpholine rings is 1. The Bertz CT molecular complexity index is 282. The molecule has 7 nitrogen and oxygen atoms in total. The van der Waals surface area contributed by atoms with E-state index < -0.39 is 6.16 Å². The molecule has 1 aliphatic carbocycles. The van der Waals surface area contributed by atoms with Crippen molar-refractivity contribution in [2.75, 3.05) is 26.3 Å². The Morgan fingerprint density at radius 2 is 1.58 bits per heavy atom. The van der Waals surface area contributed by atoms with Crippen LogP contribution in [-0.4, -0.2) is 59.6 Å². The van der Waals surface area contributed by atoms with Crippen molar-refractivity contribution in [3.8, 4) is 0 Å². The number of hydrogen-bond donors (Lipinski definition) is 3. The van der Waals surface area contributed by atoms with Gasteiger partial charge in [0.15, 0.2) is 0 Å². The lowest BCUT2D eigenvalue weighted by molar-refractivity contribution is 0.0521. The summed E-state index contributed by atoms with van der Waals surface area (Å²) in [6.45, 7) is 2.83. The minimum Gasteiger partial charge on any atom is -0.450 e. The predicted molar refractivity (Wildman–Crippen MR) is 68.5 cm³/mol. The van der Waals surface area contributed by atoms with Crippen molar-refractivity contribution in [3.05, 3.63) is 0 Å². The van der Waals surface area contributed by atoms with E-state index in [1.807, 2.05) is 4.90 Å². The number of ether oxygens (including phenoxy) is 1. The Balaban J connectivity index is 0.000000399. The summed E-state index contributed by atoms with van der Waals surface area (Å²) >= 11 is 0. The molecule has 0 aromatic heterocycles. The number of nitrogens with zero attached hydrogens (tertiary/aromatic N) is 1. The zero-order valence-corrected chi connectivity index (χ0v) is 11.0. The third-order valence-electron chi connectivity index (χ3n) is 3.23. The molecule has 1 saturated carbocycles. The summed E-state index contributed by atoms with van der Waals surface area (Å²) in [6, 6.07) is 0.513. The monoisotopic (exact) mass is 274 g/mol. The molecule has 0 bridgehead atoms. The maximum Gasteiger partial charge on any atom is 0.503 e. The molecule has 2 fully saturated rings. The van der Waals surface area contributed by atoms with Crippen LogP contribution in [-0.2, 0) is 4.74 Å². The van der Waals surface area contributed by atoms with Crippen LogP contribution in [0.4, 0.5) is 9.59 Å². The lowest BCUT2D eigenvalue weighted by Gasteiger charge is -2.30. The molecule has 0 aromatic rings. The van der Waals surface area contributed by atoms with Crippen LogP contribution in [0.15, 0.2) is 0 Å². The average molecular weight is 274 g/mol. The summed E-state index contributed by atoms with van der Waals surface area (Å²) in [5, 5.41) is 17.1. The molecule has 1 heterocycles. The highest BCUT2D eigenvalue weighted by Crippen LogP contribution is 2.17. The molecule has 2 rings (SSSR count). The Hall–Kier alpha value is -1.50. The van der Waals surface area contributed by atoms with Gasteiger partial charge in [0.05, 0.1) is 13.2 Å². The number of hydrogen-bond acceptors (Lipinski definition) is 3. The second-order valence-electron chi connectivity index (χ2n) is 4.67. The van der Waals surface area contributed by atoms with E-state index in [9.17, 15) is 4.79 Å². The van der Waals surface area contributed by atoms with Crippen molar-refractivity contribution in [1.82, 2.24) is 10.2 Å². The minimum absolute atomic E-state index is 0.102. The molecular formula is C12H22N2O5. The molecule has 0 atom stereocenters. The van der Waals surface area contributed by atoms with Crippen molar-refractivity contribution in [2.45, 2.75) is 38.1 Å². The van der Waals surface area contributed by atoms with E-state index >= 15 is 0 Å². The molecule has 1 aliphatic heterocycles. The SMILES string of the molecule is O=C(NC1CCCCC1)N1CCOCC1.O=C(O)O. The van der Waals surface area contributed by atoms with E-state index in [0.29, 0.717) is 19.3 Å². The zero-order valence-electron chi connectivity index (χ0n) is 11.0. The van der Waals surface area contributed by atoms with Crippen LogP contribution < -0.4 is 5.32 Å². The van der Waals surface area contributed by atoms with Crippen LogP contribution in [0.25, 0.3) is 0 Å². The number of carboxylic acid groups (broad SMARTS) is 2. The first-order valence-electron chi connectivity index (χ1n) is 6.64. The first kappa shape index (κ1) is 15.6. The average Bonchev–Trinajstić information content (AvgIpc) is 2.40. The summed E-state index contributed by atoms with van der Waals surface area (Å²) < 4.78 is 5.22. The van der Waals surface area contributed by atoms with Gasteiger partial charge in [-0.3, -0.25) is 0 Å². The fraction of sp³-hybridized carbons (Fsp3) is 0.833. The van der Waals surface area contributed by atoms with E-state index in [2.05, 4.69) is 5.32 Å². The van der Waals surface area contributed by atoms with Crippen molar-refractivity contribution in [1.29, 1.82) is 0 Å². The fourth-order valence-corrected chi connectivity index (χ4v) is 2.28. The third kappa shape index (κ3) is 6.85. The van der Waals surface area contributed by atoms with Crippen LogP contribution in [0.2, 0.25) is 0 Å². The Kier molecular flexibility index (Phi) is 7.02. The van der Waals surface area contributed by atoms with Gasteiger partial charge in [-0.2, -0.15) is 0 Å². The van der Waals surface area contributed by atoms with Crippen LogP contribution in [0, 0.1) is 0 Å². The molecule has 110 valence electrons. The van der Waals surface area contributed by atoms with Crippen LogP contribution in [0.3, 0.4) is 0 Å². The highest BCUT2D eigenvalue weighted by Gasteiger charge is 2.21. The molecule has 1 saturated heterocycles. The number of nitrogens with one attached hydrogen (secondary N) is 1. The number of carbonyl (C=O) groups is 2. The number of amides is 2. The van der Waals surface area contributed by atoms with Gasteiger partial charge in [-0.15, -0.1) is 0 Å². The highest BCUT2D eigenvalue weighted by atomic mass is 16.6. The van der Waals surface area contributed by atoms with Crippen molar-refractivity contribution < 1.29 is 24.5 Å². The van der Waals surface area contributed by atoms with Gasteiger partial charge in [0.2, 0.25) is 0 Å². The van der Waals surface area contributed by atoms with Crippen molar-refractivity contribution in [3.63, 3.8) is 0 Å². The largest absolute Gasteiger partial charge is 0.503 e. The second kappa shape index (κ2) is 8.58. The molecule has 0 unspecified atom stereocenters. The maximum atomic E-state index is 11.8.